The van der Waals surface area contributed by atoms with E-state index in [2.05, 4.69) is 11.2 Å². The molecule has 0 bridgehead atoms. The molecule has 0 amide bonds. The van der Waals surface area contributed by atoms with Crippen molar-refractivity contribution in [1.29, 1.82) is 5.26 Å². The molecule has 0 unspecified atom stereocenters. The summed E-state index contributed by atoms with van der Waals surface area (Å²) in [5.74, 6) is 1.28. The summed E-state index contributed by atoms with van der Waals surface area (Å²) < 4.78 is 13.0. The molecule has 0 N–H and O–H groups in total. The van der Waals surface area contributed by atoms with Gasteiger partial charge in [0, 0.05) is 18.3 Å². The predicted molar refractivity (Wildman–Crippen MR) is 114 cm³/mol. The molecule has 6 nitrogen and oxygen atoms in total. The van der Waals surface area contributed by atoms with Gasteiger partial charge in [-0.2, -0.15) is 10.4 Å². The number of benzene rings is 2. The fourth-order valence-corrected chi connectivity index (χ4v) is 2.99. The molecule has 0 fully saturated rings. The molecular formula is C24H23N3O3. The van der Waals surface area contributed by atoms with Crippen LogP contribution in [0.25, 0.3) is 6.08 Å². The van der Waals surface area contributed by atoms with Gasteiger partial charge in [-0.1, -0.05) is 12.1 Å². The zero-order valence-corrected chi connectivity index (χ0v) is 17.3. The summed E-state index contributed by atoms with van der Waals surface area (Å²) in [5, 5.41) is 13.2. The number of carbonyl (C=O) groups is 1. The normalized spacial score (nSPS) is 10.7. The molecule has 0 radical (unpaired) electrons. The number of nitriles is 1. The highest BCUT2D eigenvalue weighted by Gasteiger charge is 2.11. The minimum absolute atomic E-state index is 0.0848. The van der Waals surface area contributed by atoms with Crippen molar-refractivity contribution in [3.8, 4) is 17.6 Å². The predicted octanol–water partition coefficient (Wildman–Crippen LogP) is 4.57. The maximum atomic E-state index is 12.5. The van der Waals surface area contributed by atoms with Gasteiger partial charge in [0.15, 0.2) is 5.78 Å². The summed E-state index contributed by atoms with van der Waals surface area (Å²) in [7, 11) is 1.60. The number of rotatable bonds is 8. The number of allylic oxidation sites excluding steroid dienone is 1. The largest absolute Gasteiger partial charge is 0.496 e. The maximum Gasteiger partial charge on any atom is 0.189 e. The Morgan fingerprint density at radius 3 is 2.63 bits per heavy atom. The highest BCUT2D eigenvalue weighted by molar-refractivity contribution is 6.07. The Morgan fingerprint density at radius 2 is 2.00 bits per heavy atom. The van der Waals surface area contributed by atoms with Gasteiger partial charge in [0.2, 0.25) is 0 Å². The van der Waals surface area contributed by atoms with Gasteiger partial charge in [-0.05, 0) is 61.9 Å². The van der Waals surface area contributed by atoms with E-state index in [4.69, 9.17) is 14.7 Å². The lowest BCUT2D eigenvalue weighted by molar-refractivity contribution is 0.104. The molecule has 0 saturated carbocycles. The Balaban J connectivity index is 1.74. The second kappa shape index (κ2) is 9.57. The van der Waals surface area contributed by atoms with Crippen molar-refractivity contribution in [2.24, 2.45) is 0 Å². The number of ketones is 1. The molecule has 6 heteroatoms. The van der Waals surface area contributed by atoms with Gasteiger partial charge in [0.1, 0.15) is 18.1 Å². The molecule has 3 rings (SSSR count). The van der Waals surface area contributed by atoms with Crippen molar-refractivity contribution in [3.63, 3.8) is 0 Å². The minimum atomic E-state index is -0.0848. The van der Waals surface area contributed by atoms with E-state index in [1.807, 2.05) is 32.0 Å². The van der Waals surface area contributed by atoms with Crippen LogP contribution in [-0.4, -0.2) is 22.7 Å². The third-order valence-electron chi connectivity index (χ3n) is 4.65. The van der Waals surface area contributed by atoms with Crippen LogP contribution in [0.1, 0.15) is 39.7 Å². The molecule has 0 saturated heterocycles. The third-order valence-corrected chi connectivity index (χ3v) is 4.65. The first kappa shape index (κ1) is 20.9. The smallest absolute Gasteiger partial charge is 0.189 e. The van der Waals surface area contributed by atoms with Crippen LogP contribution in [0.3, 0.4) is 0 Å². The Labute approximate surface area is 176 Å². The van der Waals surface area contributed by atoms with Crippen LogP contribution in [0.15, 0.2) is 54.7 Å². The molecule has 1 aromatic heterocycles. The van der Waals surface area contributed by atoms with Gasteiger partial charge in [-0.3, -0.25) is 9.48 Å². The second-order valence-corrected chi connectivity index (χ2v) is 6.68. The molecule has 0 aliphatic rings. The standard InChI is InChI=1S/C24H23N3O3/c1-4-27-15-22(17(2)26-27)23(28)11-7-18-8-12-24(29-3)20(13-18)16-30-21-9-5-19(14-25)6-10-21/h5-13,15H,4,16H2,1-3H3/b11-7+. The second-order valence-electron chi connectivity index (χ2n) is 6.68. The zero-order chi connectivity index (χ0) is 21.5. The number of aromatic nitrogens is 2. The van der Waals surface area contributed by atoms with Gasteiger partial charge >= 0.3 is 0 Å². The zero-order valence-electron chi connectivity index (χ0n) is 17.3. The first-order valence-corrected chi connectivity index (χ1v) is 9.60. The number of hydrogen-bond acceptors (Lipinski definition) is 5. The molecule has 0 aliphatic heterocycles. The van der Waals surface area contributed by atoms with E-state index in [-0.39, 0.29) is 5.78 Å². The van der Waals surface area contributed by atoms with E-state index in [0.29, 0.717) is 29.2 Å². The summed E-state index contributed by atoms with van der Waals surface area (Å²) in [5.41, 5.74) is 3.62. The number of hydrogen-bond donors (Lipinski definition) is 0. The van der Waals surface area contributed by atoms with Gasteiger partial charge in [-0.25, -0.2) is 0 Å². The Hall–Kier alpha value is -3.85. The lowest BCUT2D eigenvalue weighted by Gasteiger charge is -2.11. The number of ether oxygens (including phenoxy) is 2. The Morgan fingerprint density at radius 1 is 1.23 bits per heavy atom. The Bertz CT molecular complexity index is 1110. The molecule has 1 heterocycles. The maximum absolute atomic E-state index is 12.5. The van der Waals surface area contributed by atoms with Crippen LogP contribution in [0.2, 0.25) is 0 Å². The van der Waals surface area contributed by atoms with Crippen LogP contribution in [-0.2, 0) is 13.2 Å². The van der Waals surface area contributed by atoms with Crippen LogP contribution >= 0.6 is 0 Å². The average molecular weight is 401 g/mol. The van der Waals surface area contributed by atoms with E-state index in [1.54, 1.807) is 54.4 Å². The minimum Gasteiger partial charge on any atom is -0.496 e. The summed E-state index contributed by atoms with van der Waals surface area (Å²) >= 11 is 0. The number of nitrogens with zero attached hydrogens (tertiary/aromatic N) is 3. The fourth-order valence-electron chi connectivity index (χ4n) is 2.99. The quantitative estimate of drug-likeness (QED) is 0.408. The van der Waals surface area contributed by atoms with Crippen molar-refractivity contribution >= 4 is 11.9 Å². The summed E-state index contributed by atoms with van der Waals surface area (Å²) in [4.78, 5) is 12.5. The van der Waals surface area contributed by atoms with E-state index in [1.165, 1.54) is 0 Å². The highest BCUT2D eigenvalue weighted by Crippen LogP contribution is 2.23. The van der Waals surface area contributed by atoms with Crippen molar-refractivity contribution in [3.05, 3.63) is 82.7 Å². The molecule has 152 valence electrons. The van der Waals surface area contributed by atoms with Gasteiger partial charge < -0.3 is 9.47 Å². The first-order chi connectivity index (χ1) is 14.5. The van der Waals surface area contributed by atoms with E-state index >= 15 is 0 Å². The topological polar surface area (TPSA) is 77.1 Å². The van der Waals surface area contributed by atoms with E-state index < -0.39 is 0 Å². The van der Waals surface area contributed by atoms with Crippen LogP contribution in [0.5, 0.6) is 11.5 Å². The summed E-state index contributed by atoms with van der Waals surface area (Å²) in [6, 6.07) is 14.7. The highest BCUT2D eigenvalue weighted by atomic mass is 16.5. The summed E-state index contributed by atoms with van der Waals surface area (Å²) in [6.07, 6.45) is 5.10. The molecule has 30 heavy (non-hydrogen) atoms. The van der Waals surface area contributed by atoms with Crippen LogP contribution < -0.4 is 9.47 Å². The molecule has 0 aliphatic carbocycles. The van der Waals surface area contributed by atoms with E-state index in [9.17, 15) is 4.79 Å². The molecule has 3 aromatic rings. The summed E-state index contributed by atoms with van der Waals surface area (Å²) in [6.45, 7) is 4.83. The lowest BCUT2D eigenvalue weighted by Crippen LogP contribution is -1.99. The monoisotopic (exact) mass is 401 g/mol. The van der Waals surface area contributed by atoms with Crippen molar-refractivity contribution < 1.29 is 14.3 Å². The fraction of sp³-hybridized carbons (Fsp3) is 0.208. The number of methoxy groups -OCH3 is 1. The third kappa shape index (κ3) is 4.95. The molecule has 2 aromatic carbocycles. The molecular weight excluding hydrogens is 378 g/mol. The average Bonchev–Trinajstić information content (AvgIpc) is 3.17. The van der Waals surface area contributed by atoms with Crippen LogP contribution in [0, 0.1) is 18.3 Å². The van der Waals surface area contributed by atoms with Gasteiger partial charge in [0.25, 0.3) is 0 Å². The van der Waals surface area contributed by atoms with Crippen molar-refractivity contribution in [1.82, 2.24) is 9.78 Å². The van der Waals surface area contributed by atoms with E-state index in [0.717, 1.165) is 23.4 Å². The first-order valence-electron chi connectivity index (χ1n) is 9.60. The SMILES string of the molecule is CCn1cc(C(=O)/C=C/c2ccc(OC)c(COc3ccc(C#N)cc3)c2)c(C)n1. The van der Waals surface area contributed by atoms with Gasteiger partial charge in [0.05, 0.1) is 30.0 Å². The molecule has 0 atom stereocenters. The Kier molecular flexibility index (Phi) is 6.66. The number of carbonyl (C=O) groups excluding carboxylic acids is 1. The van der Waals surface area contributed by atoms with Crippen molar-refractivity contribution in [2.45, 2.75) is 27.0 Å². The van der Waals surface area contributed by atoms with Gasteiger partial charge in [-0.15, -0.1) is 0 Å². The lowest BCUT2D eigenvalue weighted by atomic mass is 10.1. The van der Waals surface area contributed by atoms with Crippen molar-refractivity contribution in [2.75, 3.05) is 7.11 Å². The van der Waals surface area contributed by atoms with Crippen LogP contribution in [0.4, 0.5) is 0 Å². The number of aryl methyl sites for hydroxylation is 2. The molecule has 0 spiro atoms.